The van der Waals surface area contributed by atoms with E-state index >= 15 is 0 Å². The van der Waals surface area contributed by atoms with Crippen molar-refractivity contribution >= 4 is 21.7 Å². The second kappa shape index (κ2) is 8.51. The van der Waals surface area contributed by atoms with Crippen LogP contribution in [-0.2, 0) is 14.2 Å². The Labute approximate surface area is 176 Å². The molecule has 0 spiro atoms. The SMILES string of the molecule is CC(=O)c1ccc(OC2OC3COC(c4cccc(Br)c4)OC3C(O)C2O)cc1. The first-order chi connectivity index (χ1) is 13.9. The number of fused-ring (bicyclic) bond motifs is 1. The van der Waals surface area contributed by atoms with Gasteiger partial charge in [0.05, 0.1) is 6.61 Å². The van der Waals surface area contributed by atoms with E-state index < -0.39 is 37.0 Å². The lowest BCUT2D eigenvalue weighted by atomic mass is 9.98. The summed E-state index contributed by atoms with van der Waals surface area (Å²) in [7, 11) is 0. The number of halogens is 1. The maximum Gasteiger partial charge on any atom is 0.229 e. The Kier molecular flexibility index (Phi) is 6.00. The highest BCUT2D eigenvalue weighted by atomic mass is 79.9. The zero-order valence-electron chi connectivity index (χ0n) is 15.6. The molecule has 0 radical (unpaired) electrons. The first-order valence-electron chi connectivity index (χ1n) is 9.24. The Morgan fingerprint density at radius 2 is 1.86 bits per heavy atom. The Hall–Kier alpha value is -1.81. The van der Waals surface area contributed by atoms with Crippen molar-refractivity contribution < 1.29 is 34.0 Å². The van der Waals surface area contributed by atoms with Crippen LogP contribution in [0.3, 0.4) is 0 Å². The van der Waals surface area contributed by atoms with Gasteiger partial charge < -0.3 is 29.2 Å². The van der Waals surface area contributed by atoms with Crippen LogP contribution in [0.1, 0.15) is 29.1 Å². The molecule has 0 aromatic heterocycles. The topological polar surface area (TPSA) is 94.5 Å². The largest absolute Gasteiger partial charge is 0.462 e. The van der Waals surface area contributed by atoms with Crippen LogP contribution in [0.4, 0.5) is 0 Å². The van der Waals surface area contributed by atoms with E-state index in [9.17, 15) is 15.0 Å². The van der Waals surface area contributed by atoms with Crippen LogP contribution in [0.15, 0.2) is 53.0 Å². The fourth-order valence-corrected chi connectivity index (χ4v) is 3.82. The first-order valence-corrected chi connectivity index (χ1v) is 10.0. The summed E-state index contributed by atoms with van der Waals surface area (Å²) in [5.41, 5.74) is 1.35. The third-order valence-electron chi connectivity index (χ3n) is 4.97. The Bertz CT molecular complexity index is 870. The number of aliphatic hydroxyl groups excluding tert-OH is 2. The van der Waals surface area contributed by atoms with E-state index in [4.69, 9.17) is 18.9 Å². The number of hydrogen-bond acceptors (Lipinski definition) is 7. The number of Topliss-reactive ketones (excluding diaryl/α,β-unsaturated/α-hetero) is 1. The van der Waals surface area contributed by atoms with Gasteiger partial charge in [-0.05, 0) is 43.3 Å². The molecule has 154 valence electrons. The van der Waals surface area contributed by atoms with Crippen molar-refractivity contribution in [1.82, 2.24) is 0 Å². The van der Waals surface area contributed by atoms with Gasteiger partial charge in [-0.3, -0.25) is 4.79 Å². The van der Waals surface area contributed by atoms with Crippen LogP contribution in [0, 0.1) is 0 Å². The molecule has 2 heterocycles. The van der Waals surface area contributed by atoms with Crippen molar-refractivity contribution in [2.24, 2.45) is 0 Å². The fraction of sp³-hybridized carbons (Fsp3) is 0.381. The quantitative estimate of drug-likeness (QED) is 0.671. The number of aliphatic hydroxyl groups is 2. The lowest BCUT2D eigenvalue weighted by Gasteiger charge is -2.46. The smallest absolute Gasteiger partial charge is 0.229 e. The Balaban J connectivity index is 1.44. The highest BCUT2D eigenvalue weighted by Crippen LogP contribution is 2.35. The molecule has 2 fully saturated rings. The van der Waals surface area contributed by atoms with E-state index in [1.54, 1.807) is 24.3 Å². The van der Waals surface area contributed by atoms with Crippen LogP contribution in [-0.4, -0.2) is 53.3 Å². The minimum Gasteiger partial charge on any atom is -0.462 e. The molecule has 4 rings (SSSR count). The summed E-state index contributed by atoms with van der Waals surface area (Å²) in [4.78, 5) is 11.4. The van der Waals surface area contributed by atoms with E-state index in [-0.39, 0.29) is 12.4 Å². The summed E-state index contributed by atoms with van der Waals surface area (Å²) < 4.78 is 24.0. The van der Waals surface area contributed by atoms with Gasteiger partial charge in [-0.2, -0.15) is 0 Å². The third-order valence-corrected chi connectivity index (χ3v) is 5.46. The average Bonchev–Trinajstić information content (AvgIpc) is 2.72. The van der Waals surface area contributed by atoms with Crippen LogP contribution < -0.4 is 4.74 Å². The zero-order chi connectivity index (χ0) is 20.5. The zero-order valence-corrected chi connectivity index (χ0v) is 17.2. The molecule has 2 aliphatic heterocycles. The van der Waals surface area contributed by atoms with Gasteiger partial charge in [-0.25, -0.2) is 0 Å². The summed E-state index contributed by atoms with van der Waals surface area (Å²) in [5.74, 6) is 0.356. The van der Waals surface area contributed by atoms with Crippen molar-refractivity contribution in [3.05, 3.63) is 64.1 Å². The van der Waals surface area contributed by atoms with Gasteiger partial charge in [0.15, 0.2) is 12.1 Å². The predicted octanol–water partition coefficient (Wildman–Crippen LogP) is 2.59. The third kappa shape index (κ3) is 4.37. The summed E-state index contributed by atoms with van der Waals surface area (Å²) in [6, 6.07) is 14.0. The number of rotatable bonds is 4. The van der Waals surface area contributed by atoms with Crippen molar-refractivity contribution in [3.8, 4) is 5.75 Å². The van der Waals surface area contributed by atoms with Gasteiger partial charge in [-0.1, -0.05) is 28.1 Å². The number of hydrogen-bond donors (Lipinski definition) is 2. The molecule has 6 atom stereocenters. The molecule has 6 unspecified atom stereocenters. The number of benzene rings is 2. The molecule has 29 heavy (non-hydrogen) atoms. The summed E-state index contributed by atoms with van der Waals surface area (Å²) in [6.45, 7) is 1.65. The Morgan fingerprint density at radius 1 is 1.10 bits per heavy atom. The Morgan fingerprint density at radius 3 is 2.55 bits per heavy atom. The number of ketones is 1. The van der Waals surface area contributed by atoms with E-state index in [0.29, 0.717) is 11.3 Å². The van der Waals surface area contributed by atoms with Gasteiger partial charge in [0.1, 0.15) is 30.2 Å². The lowest BCUT2D eigenvalue weighted by Crippen LogP contribution is -2.62. The van der Waals surface area contributed by atoms with E-state index in [1.165, 1.54) is 6.92 Å². The van der Waals surface area contributed by atoms with Crippen molar-refractivity contribution in [2.45, 2.75) is 43.9 Å². The van der Waals surface area contributed by atoms with Crippen molar-refractivity contribution in [2.75, 3.05) is 6.61 Å². The molecule has 0 bridgehead atoms. The lowest BCUT2D eigenvalue weighted by molar-refractivity contribution is -0.350. The van der Waals surface area contributed by atoms with Gasteiger partial charge in [0, 0.05) is 15.6 Å². The second-order valence-electron chi connectivity index (χ2n) is 7.04. The summed E-state index contributed by atoms with van der Waals surface area (Å²) in [5, 5.41) is 21.1. The molecule has 2 N–H and O–H groups in total. The monoisotopic (exact) mass is 464 g/mol. The van der Waals surface area contributed by atoms with Crippen molar-refractivity contribution in [1.29, 1.82) is 0 Å². The fourth-order valence-electron chi connectivity index (χ4n) is 3.40. The molecular formula is C21H21BrO7. The van der Waals surface area contributed by atoms with Gasteiger partial charge >= 0.3 is 0 Å². The molecule has 2 aromatic rings. The normalized spacial score (nSPS) is 31.7. The van der Waals surface area contributed by atoms with E-state index in [1.807, 2.05) is 24.3 Å². The molecule has 2 saturated heterocycles. The minimum absolute atomic E-state index is 0.0553. The summed E-state index contributed by atoms with van der Waals surface area (Å²) >= 11 is 3.41. The maximum absolute atomic E-state index is 11.4. The van der Waals surface area contributed by atoms with E-state index in [2.05, 4.69) is 15.9 Å². The van der Waals surface area contributed by atoms with Crippen LogP contribution in [0.25, 0.3) is 0 Å². The van der Waals surface area contributed by atoms with Gasteiger partial charge in [0.25, 0.3) is 0 Å². The average molecular weight is 465 g/mol. The minimum atomic E-state index is -1.31. The van der Waals surface area contributed by atoms with Gasteiger partial charge in [-0.15, -0.1) is 0 Å². The molecule has 2 aliphatic rings. The molecule has 0 amide bonds. The van der Waals surface area contributed by atoms with Crippen LogP contribution >= 0.6 is 15.9 Å². The molecule has 2 aromatic carbocycles. The van der Waals surface area contributed by atoms with Crippen LogP contribution in [0.2, 0.25) is 0 Å². The predicted molar refractivity (Wildman–Crippen MR) is 105 cm³/mol. The van der Waals surface area contributed by atoms with Crippen molar-refractivity contribution in [3.63, 3.8) is 0 Å². The highest BCUT2D eigenvalue weighted by Gasteiger charge is 2.49. The molecule has 0 aliphatic carbocycles. The summed E-state index contributed by atoms with van der Waals surface area (Å²) in [6.07, 6.45) is -5.65. The number of carbonyl (C=O) groups is 1. The van der Waals surface area contributed by atoms with Crippen LogP contribution in [0.5, 0.6) is 5.75 Å². The highest BCUT2D eigenvalue weighted by molar-refractivity contribution is 9.10. The molecule has 7 nitrogen and oxygen atoms in total. The maximum atomic E-state index is 11.4. The second-order valence-corrected chi connectivity index (χ2v) is 7.96. The molecule has 0 saturated carbocycles. The first kappa shape index (κ1) is 20.5. The molecular weight excluding hydrogens is 444 g/mol. The number of carbonyl (C=O) groups excluding carboxylic acids is 1. The molecule has 8 heteroatoms. The van der Waals surface area contributed by atoms with Gasteiger partial charge in [0.2, 0.25) is 6.29 Å². The number of ether oxygens (including phenoxy) is 4. The standard InChI is InChI=1S/C21H21BrO7/c1-11(23)12-5-7-15(8-6-12)27-21-18(25)17(24)19-16(28-21)10-26-20(29-19)13-3-2-4-14(22)9-13/h2-9,16-21,24-25H,10H2,1H3. The van der Waals surface area contributed by atoms with E-state index in [0.717, 1.165) is 10.0 Å².